The minimum absolute atomic E-state index is 0.209. The molecule has 7 heteroatoms. The van der Waals surface area contributed by atoms with Gasteiger partial charge < -0.3 is 10.4 Å². The molecule has 2 aromatic carbocycles. The maximum Gasteiger partial charge on any atom is 0.303 e. The number of aryl methyl sites for hydroxylation is 1. The van der Waals surface area contributed by atoms with E-state index in [0.717, 1.165) is 42.5 Å². The van der Waals surface area contributed by atoms with Gasteiger partial charge in [0.05, 0.1) is 16.6 Å². The highest BCUT2D eigenvalue weighted by Crippen LogP contribution is 2.40. The first kappa shape index (κ1) is 21.3. The van der Waals surface area contributed by atoms with Crippen molar-refractivity contribution in [2.45, 2.75) is 50.0 Å². The Morgan fingerprint density at radius 2 is 1.79 bits per heavy atom. The number of carboxylic acid groups (broad SMARTS) is 1. The molecule has 0 aromatic heterocycles. The van der Waals surface area contributed by atoms with Gasteiger partial charge in [-0.05, 0) is 55.1 Å². The largest absolute Gasteiger partial charge is 0.481 e. The van der Waals surface area contributed by atoms with E-state index < -0.39 is 16.0 Å². The summed E-state index contributed by atoms with van der Waals surface area (Å²) >= 11 is 0. The fourth-order valence-corrected chi connectivity index (χ4v) is 5.33. The summed E-state index contributed by atoms with van der Waals surface area (Å²) in [5.74, 6) is -0.754. The number of fused-ring (bicyclic) bond motifs is 2. The molecule has 2 aromatic rings. The Hall–Kier alpha value is -2.38. The summed E-state index contributed by atoms with van der Waals surface area (Å²) in [4.78, 5) is 10.9. The topological polar surface area (TPSA) is 86.7 Å². The molecule has 3 rings (SSSR count). The first-order chi connectivity index (χ1) is 13.8. The smallest absolute Gasteiger partial charge is 0.303 e. The fraction of sp³-hybridized carbons (Fsp3) is 0.409. The van der Waals surface area contributed by atoms with Crippen LogP contribution in [-0.2, 0) is 14.8 Å². The number of rotatable bonds is 8. The summed E-state index contributed by atoms with van der Waals surface area (Å²) in [7, 11) is -2.04. The van der Waals surface area contributed by atoms with E-state index in [2.05, 4.69) is 5.32 Å². The lowest BCUT2D eigenvalue weighted by atomic mass is 9.96. The lowest BCUT2D eigenvalue weighted by molar-refractivity contribution is -0.137. The van der Waals surface area contributed by atoms with E-state index in [1.165, 1.54) is 4.31 Å². The summed E-state index contributed by atoms with van der Waals surface area (Å²) < 4.78 is 27.8. The van der Waals surface area contributed by atoms with Crippen LogP contribution < -0.4 is 9.62 Å². The number of carboxylic acids is 1. The van der Waals surface area contributed by atoms with Crippen LogP contribution in [0.5, 0.6) is 0 Å². The van der Waals surface area contributed by atoms with Crippen molar-refractivity contribution < 1.29 is 18.3 Å². The number of para-hydroxylation sites is 1. The number of carbonyl (C=O) groups is 1. The van der Waals surface area contributed by atoms with Crippen molar-refractivity contribution in [2.24, 2.45) is 0 Å². The molecule has 1 unspecified atom stereocenters. The Bertz CT molecular complexity index is 988. The zero-order chi connectivity index (χ0) is 21.0. The van der Waals surface area contributed by atoms with Gasteiger partial charge in [0.25, 0.3) is 10.0 Å². The molecular weight excluding hydrogens is 388 g/mol. The molecule has 0 saturated heterocycles. The summed E-state index contributed by atoms with van der Waals surface area (Å²) in [5, 5.41) is 12.3. The van der Waals surface area contributed by atoms with Gasteiger partial charge in [-0.3, -0.25) is 9.10 Å². The number of unbranched alkanes of at least 4 members (excludes halogenated alkanes) is 3. The molecule has 1 heterocycles. The highest BCUT2D eigenvalue weighted by Gasteiger charge is 2.34. The van der Waals surface area contributed by atoms with E-state index in [4.69, 9.17) is 5.11 Å². The number of aliphatic carboxylic acids is 1. The van der Waals surface area contributed by atoms with Gasteiger partial charge in [0.1, 0.15) is 0 Å². The molecule has 0 spiro atoms. The Balaban J connectivity index is 1.85. The van der Waals surface area contributed by atoms with Crippen molar-refractivity contribution >= 4 is 21.7 Å². The molecule has 29 heavy (non-hydrogen) atoms. The number of hydrogen-bond donors (Lipinski definition) is 2. The SMILES string of the molecule is Cc1ccc2c(c1)S(=O)(=O)N(C)c1ccccc1C2NCCCCCCC(=O)O. The summed E-state index contributed by atoms with van der Waals surface area (Å²) in [6, 6.07) is 13.0. The molecule has 156 valence electrons. The van der Waals surface area contributed by atoms with Crippen LogP contribution in [-0.4, -0.2) is 33.1 Å². The first-order valence-electron chi connectivity index (χ1n) is 9.96. The van der Waals surface area contributed by atoms with Crippen LogP contribution in [0.4, 0.5) is 5.69 Å². The van der Waals surface area contributed by atoms with E-state index in [1.807, 2.05) is 43.3 Å². The van der Waals surface area contributed by atoms with Crippen molar-refractivity contribution in [1.82, 2.24) is 5.32 Å². The molecule has 0 fully saturated rings. The number of nitrogens with zero attached hydrogens (tertiary/aromatic N) is 1. The third-order valence-electron chi connectivity index (χ3n) is 5.37. The van der Waals surface area contributed by atoms with Crippen molar-refractivity contribution in [3.05, 3.63) is 59.2 Å². The molecule has 1 aliphatic heterocycles. The maximum absolute atomic E-state index is 13.2. The van der Waals surface area contributed by atoms with Gasteiger partial charge in [0.15, 0.2) is 0 Å². The van der Waals surface area contributed by atoms with Crippen LogP contribution in [0.2, 0.25) is 0 Å². The molecule has 0 radical (unpaired) electrons. The summed E-state index contributed by atoms with van der Waals surface area (Å²) in [5.41, 5.74) is 3.29. The molecule has 1 atom stereocenters. The van der Waals surface area contributed by atoms with Crippen LogP contribution in [0.25, 0.3) is 0 Å². The maximum atomic E-state index is 13.2. The molecular formula is C22H28N2O4S. The molecule has 0 aliphatic carbocycles. The number of nitrogens with one attached hydrogen (secondary N) is 1. The first-order valence-corrected chi connectivity index (χ1v) is 11.4. The zero-order valence-electron chi connectivity index (χ0n) is 16.9. The highest BCUT2D eigenvalue weighted by atomic mass is 32.2. The van der Waals surface area contributed by atoms with Gasteiger partial charge in [-0.2, -0.15) is 0 Å². The molecule has 1 aliphatic rings. The van der Waals surface area contributed by atoms with Gasteiger partial charge in [0, 0.05) is 13.5 Å². The minimum atomic E-state index is -3.64. The van der Waals surface area contributed by atoms with Gasteiger partial charge in [-0.1, -0.05) is 43.2 Å². The van der Waals surface area contributed by atoms with Crippen LogP contribution in [0.3, 0.4) is 0 Å². The van der Waals surface area contributed by atoms with E-state index in [9.17, 15) is 13.2 Å². The minimum Gasteiger partial charge on any atom is -0.481 e. The molecule has 0 amide bonds. The van der Waals surface area contributed by atoms with E-state index in [-0.39, 0.29) is 12.5 Å². The summed E-state index contributed by atoms with van der Waals surface area (Å²) in [6.45, 7) is 2.62. The third kappa shape index (κ3) is 4.62. The number of anilines is 1. The van der Waals surface area contributed by atoms with E-state index in [0.29, 0.717) is 17.0 Å². The lowest BCUT2D eigenvalue weighted by Crippen LogP contribution is -2.26. The normalized spacial score (nSPS) is 17.3. The molecule has 0 saturated carbocycles. The lowest BCUT2D eigenvalue weighted by Gasteiger charge is -2.22. The third-order valence-corrected chi connectivity index (χ3v) is 7.20. The molecule has 2 N–H and O–H groups in total. The number of hydrogen-bond acceptors (Lipinski definition) is 4. The Labute approximate surface area is 172 Å². The second-order valence-corrected chi connectivity index (χ2v) is 9.46. The van der Waals surface area contributed by atoms with Gasteiger partial charge >= 0.3 is 5.97 Å². The average molecular weight is 417 g/mol. The molecule has 0 bridgehead atoms. The average Bonchev–Trinajstić information content (AvgIpc) is 2.75. The Morgan fingerprint density at radius 1 is 1.07 bits per heavy atom. The van der Waals surface area contributed by atoms with Crippen LogP contribution in [0.15, 0.2) is 47.4 Å². The van der Waals surface area contributed by atoms with Gasteiger partial charge in [0.2, 0.25) is 0 Å². The second kappa shape index (κ2) is 8.97. The van der Waals surface area contributed by atoms with Crippen LogP contribution in [0, 0.1) is 6.92 Å². The van der Waals surface area contributed by atoms with Gasteiger partial charge in [-0.25, -0.2) is 8.42 Å². The van der Waals surface area contributed by atoms with Crippen LogP contribution in [0.1, 0.15) is 54.8 Å². The number of benzene rings is 2. The van der Waals surface area contributed by atoms with Crippen molar-refractivity contribution in [3.8, 4) is 0 Å². The second-order valence-electron chi connectivity index (χ2n) is 7.52. The predicted octanol–water partition coefficient (Wildman–Crippen LogP) is 3.85. The van der Waals surface area contributed by atoms with Crippen molar-refractivity contribution in [1.29, 1.82) is 0 Å². The van der Waals surface area contributed by atoms with Gasteiger partial charge in [-0.15, -0.1) is 0 Å². The Morgan fingerprint density at radius 3 is 2.55 bits per heavy atom. The Kier molecular flexibility index (Phi) is 6.59. The predicted molar refractivity (Wildman–Crippen MR) is 114 cm³/mol. The monoisotopic (exact) mass is 416 g/mol. The standard InChI is InChI=1S/C22H28N2O4S/c1-16-12-13-18-20(15-16)29(27,28)24(2)19-10-7-6-9-17(19)22(18)23-14-8-4-3-5-11-21(25)26/h6-7,9-10,12-13,15,22-23H,3-5,8,11,14H2,1-2H3,(H,25,26). The molecule has 6 nitrogen and oxygen atoms in total. The van der Waals surface area contributed by atoms with E-state index in [1.54, 1.807) is 13.1 Å². The van der Waals surface area contributed by atoms with Crippen LogP contribution >= 0.6 is 0 Å². The fourth-order valence-electron chi connectivity index (χ4n) is 3.79. The van der Waals surface area contributed by atoms with E-state index >= 15 is 0 Å². The quantitative estimate of drug-likeness (QED) is 0.639. The highest BCUT2D eigenvalue weighted by molar-refractivity contribution is 7.92. The number of sulfonamides is 1. The summed E-state index contributed by atoms with van der Waals surface area (Å²) in [6.07, 6.45) is 3.62. The van der Waals surface area contributed by atoms with Crippen molar-refractivity contribution in [3.63, 3.8) is 0 Å². The van der Waals surface area contributed by atoms with Crippen molar-refractivity contribution in [2.75, 3.05) is 17.9 Å². The zero-order valence-corrected chi connectivity index (χ0v) is 17.7.